The van der Waals surface area contributed by atoms with Gasteiger partial charge >= 0.3 is 0 Å². The Bertz CT molecular complexity index is 3050. The molecular formula is C50H33N3O. The van der Waals surface area contributed by atoms with Crippen molar-refractivity contribution in [3.05, 3.63) is 205 Å². The predicted octanol–water partition coefficient (Wildman–Crippen LogP) is 12.3. The smallest absolute Gasteiger partial charge is 0.159 e. The topological polar surface area (TPSA) is 42.5 Å². The van der Waals surface area contributed by atoms with Gasteiger partial charge in [-0.1, -0.05) is 158 Å². The van der Waals surface area contributed by atoms with E-state index >= 15 is 0 Å². The first kappa shape index (κ1) is 30.5. The SMILES string of the molecule is C1=CC2=C(c3ccc(-c4ccccc4)cc3)N=C(c3ccc4c(c3)oc3c(-n5c6ccccc6c6c(-c7ccccc7)cccc65)cccc34)NC2C=C1. The lowest BCUT2D eigenvalue weighted by Crippen LogP contribution is -2.39. The maximum absolute atomic E-state index is 6.88. The van der Waals surface area contributed by atoms with Gasteiger partial charge in [-0.05, 0) is 52.6 Å². The summed E-state index contributed by atoms with van der Waals surface area (Å²) in [6.45, 7) is 0. The van der Waals surface area contributed by atoms with E-state index in [4.69, 9.17) is 9.41 Å². The van der Waals surface area contributed by atoms with Crippen LogP contribution >= 0.6 is 0 Å². The van der Waals surface area contributed by atoms with E-state index in [1.54, 1.807) is 0 Å². The van der Waals surface area contributed by atoms with Gasteiger partial charge in [-0.25, -0.2) is 4.99 Å². The number of hydrogen-bond acceptors (Lipinski definition) is 3. The highest BCUT2D eigenvalue weighted by molar-refractivity contribution is 6.17. The maximum atomic E-state index is 6.88. The molecule has 2 aliphatic rings. The second kappa shape index (κ2) is 12.2. The van der Waals surface area contributed by atoms with Crippen LogP contribution in [0.15, 0.2) is 203 Å². The number of furan rings is 1. The van der Waals surface area contributed by atoms with Crippen molar-refractivity contribution >= 4 is 55.3 Å². The average molecular weight is 692 g/mol. The van der Waals surface area contributed by atoms with Crippen molar-refractivity contribution in [3.63, 3.8) is 0 Å². The molecule has 0 amide bonds. The molecule has 0 saturated heterocycles. The van der Waals surface area contributed by atoms with Crippen molar-refractivity contribution in [1.82, 2.24) is 9.88 Å². The molecule has 4 nitrogen and oxygen atoms in total. The maximum Gasteiger partial charge on any atom is 0.159 e. The number of nitrogens with zero attached hydrogens (tertiary/aromatic N) is 2. The second-order valence-electron chi connectivity index (χ2n) is 14.0. The number of hydrogen-bond donors (Lipinski definition) is 1. The molecule has 1 aliphatic carbocycles. The summed E-state index contributed by atoms with van der Waals surface area (Å²) in [6.07, 6.45) is 8.55. The quantitative estimate of drug-likeness (QED) is 0.195. The minimum Gasteiger partial charge on any atom is -0.454 e. The summed E-state index contributed by atoms with van der Waals surface area (Å²) < 4.78 is 9.25. The van der Waals surface area contributed by atoms with Crippen LogP contribution < -0.4 is 5.32 Å². The molecule has 254 valence electrons. The molecule has 0 saturated carbocycles. The molecule has 4 heteroatoms. The lowest BCUT2D eigenvalue weighted by atomic mass is 9.93. The summed E-state index contributed by atoms with van der Waals surface area (Å²) in [4.78, 5) is 5.28. The number of allylic oxidation sites excluding steroid dienone is 2. The van der Waals surface area contributed by atoms with Crippen LogP contribution in [-0.2, 0) is 0 Å². The Labute approximate surface area is 312 Å². The van der Waals surface area contributed by atoms with Crippen molar-refractivity contribution in [1.29, 1.82) is 0 Å². The third kappa shape index (κ3) is 4.81. The molecule has 7 aromatic carbocycles. The van der Waals surface area contributed by atoms with E-state index in [0.717, 1.165) is 66.9 Å². The van der Waals surface area contributed by atoms with Crippen molar-refractivity contribution in [2.75, 3.05) is 0 Å². The van der Waals surface area contributed by atoms with E-state index in [2.05, 4.69) is 192 Å². The van der Waals surface area contributed by atoms with Gasteiger partial charge in [0.15, 0.2) is 5.58 Å². The van der Waals surface area contributed by atoms with Crippen LogP contribution in [0.5, 0.6) is 0 Å². The summed E-state index contributed by atoms with van der Waals surface area (Å²) >= 11 is 0. The fourth-order valence-corrected chi connectivity index (χ4v) is 8.32. The molecule has 1 unspecified atom stereocenters. The van der Waals surface area contributed by atoms with Crippen LogP contribution in [0.25, 0.3) is 77.4 Å². The number of para-hydroxylation sites is 2. The van der Waals surface area contributed by atoms with Crippen LogP contribution in [0.3, 0.4) is 0 Å². The fourth-order valence-electron chi connectivity index (χ4n) is 8.32. The zero-order valence-corrected chi connectivity index (χ0v) is 29.3. The Balaban J connectivity index is 1.04. The summed E-state index contributed by atoms with van der Waals surface area (Å²) in [6, 6.07) is 58.1. The van der Waals surface area contributed by atoms with E-state index in [9.17, 15) is 0 Å². The number of fused-ring (bicyclic) bond motifs is 7. The molecular weight excluding hydrogens is 659 g/mol. The van der Waals surface area contributed by atoms with Gasteiger partial charge in [0.2, 0.25) is 0 Å². The zero-order valence-electron chi connectivity index (χ0n) is 29.3. The standard InChI is InChI=1S/C50H33N3O/c1-3-13-32(14-4-1)33-25-27-35(28-26-33)48-40-17-7-9-21-42(40)51-50(52-48)36-29-30-38-39-20-12-24-45(49(39)54-46(38)31-36)53-43-22-10-8-18-41(43)47-37(19-11-23-44(47)53)34-15-5-2-6-16-34/h1-31,42H,(H,51,52). The third-order valence-corrected chi connectivity index (χ3v) is 10.9. The molecule has 1 atom stereocenters. The monoisotopic (exact) mass is 691 g/mol. The number of amidine groups is 1. The molecule has 2 aromatic heterocycles. The van der Waals surface area contributed by atoms with Crippen molar-refractivity contribution < 1.29 is 4.42 Å². The van der Waals surface area contributed by atoms with Gasteiger partial charge in [0.25, 0.3) is 0 Å². The fraction of sp³-hybridized carbons (Fsp3) is 0.0200. The number of rotatable bonds is 5. The molecule has 11 rings (SSSR count). The highest BCUT2D eigenvalue weighted by Crippen LogP contribution is 2.41. The molecule has 9 aromatic rings. The minimum atomic E-state index is 0.0142. The minimum absolute atomic E-state index is 0.0142. The van der Waals surface area contributed by atoms with Crippen LogP contribution in [0, 0.1) is 0 Å². The van der Waals surface area contributed by atoms with Gasteiger partial charge in [0.05, 0.1) is 28.5 Å². The van der Waals surface area contributed by atoms with E-state index in [-0.39, 0.29) is 6.04 Å². The molecule has 0 spiro atoms. The van der Waals surface area contributed by atoms with Crippen molar-refractivity contribution in [2.24, 2.45) is 4.99 Å². The molecule has 1 aliphatic heterocycles. The van der Waals surface area contributed by atoms with Gasteiger partial charge in [-0.15, -0.1) is 0 Å². The zero-order chi connectivity index (χ0) is 35.6. The van der Waals surface area contributed by atoms with Gasteiger partial charge in [-0.3, -0.25) is 0 Å². The predicted molar refractivity (Wildman–Crippen MR) is 224 cm³/mol. The second-order valence-corrected chi connectivity index (χ2v) is 14.0. The van der Waals surface area contributed by atoms with E-state index in [1.165, 1.54) is 33.0 Å². The van der Waals surface area contributed by atoms with Gasteiger partial charge in [0.1, 0.15) is 11.4 Å². The van der Waals surface area contributed by atoms with E-state index in [1.807, 2.05) is 6.07 Å². The Morgan fingerprint density at radius 1 is 0.537 bits per heavy atom. The lowest BCUT2D eigenvalue weighted by Gasteiger charge is -2.28. The molecule has 54 heavy (non-hydrogen) atoms. The summed E-state index contributed by atoms with van der Waals surface area (Å²) in [5.74, 6) is 0.823. The molecule has 1 N–H and O–H groups in total. The summed E-state index contributed by atoms with van der Waals surface area (Å²) in [7, 11) is 0. The third-order valence-electron chi connectivity index (χ3n) is 10.9. The molecule has 0 bridgehead atoms. The summed E-state index contributed by atoms with van der Waals surface area (Å²) in [5, 5.41) is 8.32. The average Bonchev–Trinajstić information content (AvgIpc) is 3.80. The highest BCUT2D eigenvalue weighted by Gasteiger charge is 2.25. The van der Waals surface area contributed by atoms with E-state index < -0.39 is 0 Å². The Hall–Kier alpha value is -7.17. The van der Waals surface area contributed by atoms with Crippen molar-refractivity contribution in [3.8, 4) is 27.9 Å². The van der Waals surface area contributed by atoms with Crippen LogP contribution in [0.1, 0.15) is 11.1 Å². The van der Waals surface area contributed by atoms with Gasteiger partial charge in [0, 0.05) is 38.2 Å². The van der Waals surface area contributed by atoms with Crippen molar-refractivity contribution in [2.45, 2.75) is 6.04 Å². The van der Waals surface area contributed by atoms with Crippen LogP contribution in [0.4, 0.5) is 0 Å². The number of aliphatic imine (C=N–C) groups is 1. The molecule has 0 fully saturated rings. The Kier molecular flexibility index (Phi) is 6.89. The Morgan fingerprint density at radius 2 is 1.22 bits per heavy atom. The normalized spacial score (nSPS) is 15.3. The largest absolute Gasteiger partial charge is 0.454 e. The van der Waals surface area contributed by atoms with Crippen LogP contribution in [0.2, 0.25) is 0 Å². The first-order valence-electron chi connectivity index (χ1n) is 18.4. The first-order valence-corrected chi connectivity index (χ1v) is 18.4. The summed E-state index contributed by atoms with van der Waals surface area (Å²) in [5.41, 5.74) is 14.0. The van der Waals surface area contributed by atoms with Crippen LogP contribution in [-0.4, -0.2) is 16.4 Å². The number of nitrogens with one attached hydrogen (secondary N) is 1. The Morgan fingerprint density at radius 3 is 2.07 bits per heavy atom. The first-order chi connectivity index (χ1) is 26.8. The number of benzene rings is 7. The van der Waals surface area contributed by atoms with Gasteiger partial charge < -0.3 is 14.3 Å². The lowest BCUT2D eigenvalue weighted by molar-refractivity contribution is 0.666. The molecule has 0 radical (unpaired) electrons. The highest BCUT2D eigenvalue weighted by atomic mass is 16.3. The molecule has 3 heterocycles. The van der Waals surface area contributed by atoms with Gasteiger partial charge in [-0.2, -0.15) is 0 Å². The van der Waals surface area contributed by atoms with E-state index in [0.29, 0.717) is 0 Å². The number of aromatic nitrogens is 1.